The van der Waals surface area contributed by atoms with Crippen LogP contribution in [0.15, 0.2) is 24.3 Å². The maximum Gasteiger partial charge on any atom is 0.335 e. The fraction of sp³-hybridized carbons (Fsp3) is 0.500. The van der Waals surface area contributed by atoms with Gasteiger partial charge in [-0.1, -0.05) is 6.92 Å². The van der Waals surface area contributed by atoms with E-state index in [1.165, 1.54) is 0 Å². The summed E-state index contributed by atoms with van der Waals surface area (Å²) in [5, 5.41) is 8.77. The van der Waals surface area contributed by atoms with Crippen LogP contribution in [0.3, 0.4) is 0 Å². The molecule has 1 aromatic rings. The van der Waals surface area contributed by atoms with Gasteiger partial charge in [0, 0.05) is 12.6 Å². The van der Waals surface area contributed by atoms with Gasteiger partial charge in [0.1, 0.15) is 12.4 Å². The summed E-state index contributed by atoms with van der Waals surface area (Å²) in [6.07, 6.45) is 1.11. The quantitative estimate of drug-likeness (QED) is 0.809. The van der Waals surface area contributed by atoms with Crippen molar-refractivity contribution in [2.24, 2.45) is 0 Å². The van der Waals surface area contributed by atoms with Crippen molar-refractivity contribution in [2.45, 2.75) is 26.3 Å². The van der Waals surface area contributed by atoms with E-state index >= 15 is 0 Å². The summed E-state index contributed by atoms with van der Waals surface area (Å²) in [7, 11) is 2.07. The van der Waals surface area contributed by atoms with Gasteiger partial charge in [0.25, 0.3) is 0 Å². The van der Waals surface area contributed by atoms with Gasteiger partial charge in [-0.15, -0.1) is 0 Å². The Hall–Kier alpha value is -1.55. The minimum atomic E-state index is -0.918. The molecule has 0 aromatic heterocycles. The Balaban J connectivity index is 2.38. The molecule has 1 aromatic carbocycles. The highest BCUT2D eigenvalue weighted by atomic mass is 16.5. The number of nitrogens with zero attached hydrogens (tertiary/aromatic N) is 1. The highest BCUT2D eigenvalue weighted by molar-refractivity contribution is 5.87. The van der Waals surface area contributed by atoms with Crippen LogP contribution in [-0.2, 0) is 0 Å². The maximum atomic E-state index is 10.7. The molecule has 18 heavy (non-hydrogen) atoms. The van der Waals surface area contributed by atoms with E-state index in [-0.39, 0.29) is 5.56 Å². The molecule has 1 rings (SSSR count). The van der Waals surface area contributed by atoms with E-state index in [1.54, 1.807) is 24.3 Å². The van der Waals surface area contributed by atoms with Gasteiger partial charge < -0.3 is 14.7 Å². The highest BCUT2D eigenvalue weighted by Gasteiger charge is 2.06. The Morgan fingerprint density at radius 1 is 1.39 bits per heavy atom. The molecule has 0 heterocycles. The molecule has 0 radical (unpaired) electrons. The van der Waals surface area contributed by atoms with Crippen molar-refractivity contribution in [2.75, 3.05) is 20.2 Å². The van der Waals surface area contributed by atoms with Crippen LogP contribution in [0.1, 0.15) is 30.6 Å². The summed E-state index contributed by atoms with van der Waals surface area (Å²) in [6, 6.07) is 7.02. The fourth-order valence-electron chi connectivity index (χ4n) is 1.53. The third kappa shape index (κ3) is 4.37. The van der Waals surface area contributed by atoms with Crippen LogP contribution in [0.5, 0.6) is 5.75 Å². The number of hydrogen-bond acceptors (Lipinski definition) is 3. The first-order valence-electron chi connectivity index (χ1n) is 6.21. The van der Waals surface area contributed by atoms with Crippen molar-refractivity contribution in [3.8, 4) is 5.75 Å². The Kier molecular flexibility index (Phi) is 5.65. The van der Waals surface area contributed by atoms with E-state index in [9.17, 15) is 4.79 Å². The maximum absolute atomic E-state index is 10.7. The number of aromatic carboxylic acids is 1. The lowest BCUT2D eigenvalue weighted by Crippen LogP contribution is -2.32. The van der Waals surface area contributed by atoms with Gasteiger partial charge in [-0.25, -0.2) is 4.79 Å². The van der Waals surface area contributed by atoms with Crippen molar-refractivity contribution in [3.05, 3.63) is 29.8 Å². The number of ether oxygens (including phenoxy) is 1. The topological polar surface area (TPSA) is 49.8 Å². The van der Waals surface area contributed by atoms with Crippen LogP contribution < -0.4 is 4.74 Å². The van der Waals surface area contributed by atoms with Gasteiger partial charge in [-0.3, -0.25) is 0 Å². The minimum absolute atomic E-state index is 0.277. The lowest BCUT2D eigenvalue weighted by molar-refractivity contribution is 0.0697. The summed E-state index contributed by atoms with van der Waals surface area (Å²) < 4.78 is 5.57. The van der Waals surface area contributed by atoms with E-state index in [0.29, 0.717) is 18.4 Å². The largest absolute Gasteiger partial charge is 0.492 e. The molecule has 1 unspecified atom stereocenters. The summed E-state index contributed by atoms with van der Waals surface area (Å²) in [5.74, 6) is -0.212. The van der Waals surface area contributed by atoms with E-state index < -0.39 is 5.97 Å². The fourth-order valence-corrected chi connectivity index (χ4v) is 1.53. The first-order valence-corrected chi connectivity index (χ1v) is 6.21. The molecule has 4 nitrogen and oxygen atoms in total. The lowest BCUT2D eigenvalue weighted by atomic mass is 10.2. The SMILES string of the molecule is CCC(C)N(C)CCOc1ccc(C(=O)O)cc1. The number of rotatable bonds is 7. The van der Waals surface area contributed by atoms with Crippen LogP contribution in [-0.4, -0.2) is 42.2 Å². The van der Waals surface area contributed by atoms with Crippen molar-refractivity contribution in [1.29, 1.82) is 0 Å². The Morgan fingerprint density at radius 2 is 2.00 bits per heavy atom. The summed E-state index contributed by atoms with van der Waals surface area (Å²) in [6.45, 7) is 5.80. The number of benzene rings is 1. The number of carboxylic acid groups (broad SMARTS) is 1. The second-order valence-electron chi connectivity index (χ2n) is 4.42. The van der Waals surface area contributed by atoms with Crippen molar-refractivity contribution < 1.29 is 14.6 Å². The van der Waals surface area contributed by atoms with Crippen LogP contribution in [0.4, 0.5) is 0 Å². The summed E-state index contributed by atoms with van der Waals surface area (Å²) >= 11 is 0. The molecular weight excluding hydrogens is 230 g/mol. The predicted molar refractivity (Wildman–Crippen MR) is 71.3 cm³/mol. The Morgan fingerprint density at radius 3 is 2.50 bits per heavy atom. The zero-order chi connectivity index (χ0) is 13.5. The summed E-state index contributed by atoms with van der Waals surface area (Å²) in [5.41, 5.74) is 0.277. The van der Waals surface area contributed by atoms with E-state index in [4.69, 9.17) is 9.84 Å². The predicted octanol–water partition coefficient (Wildman–Crippen LogP) is 2.49. The van der Waals surface area contributed by atoms with Crippen LogP contribution in [0.25, 0.3) is 0 Å². The molecule has 0 aliphatic carbocycles. The molecule has 0 spiro atoms. The average Bonchev–Trinajstić information content (AvgIpc) is 2.38. The van der Waals surface area contributed by atoms with Crippen molar-refractivity contribution >= 4 is 5.97 Å². The number of likely N-dealkylation sites (N-methyl/N-ethyl adjacent to an activating group) is 1. The first-order chi connectivity index (χ1) is 8.54. The molecule has 0 amide bonds. The number of carbonyl (C=O) groups is 1. The molecule has 0 aliphatic heterocycles. The van der Waals surface area contributed by atoms with Gasteiger partial charge in [-0.05, 0) is 44.7 Å². The monoisotopic (exact) mass is 251 g/mol. The van der Waals surface area contributed by atoms with Crippen molar-refractivity contribution in [3.63, 3.8) is 0 Å². The molecule has 0 saturated heterocycles. The molecule has 0 bridgehead atoms. The van der Waals surface area contributed by atoms with Gasteiger partial charge in [0.2, 0.25) is 0 Å². The molecule has 1 N–H and O–H groups in total. The third-order valence-electron chi connectivity index (χ3n) is 3.16. The Labute approximate surface area is 108 Å². The zero-order valence-electron chi connectivity index (χ0n) is 11.2. The molecule has 0 saturated carbocycles. The Bertz CT molecular complexity index is 375. The zero-order valence-corrected chi connectivity index (χ0v) is 11.2. The van der Waals surface area contributed by atoms with E-state index in [0.717, 1.165) is 13.0 Å². The molecular formula is C14H21NO3. The minimum Gasteiger partial charge on any atom is -0.492 e. The van der Waals surface area contributed by atoms with Gasteiger partial charge in [0.15, 0.2) is 0 Å². The molecule has 100 valence electrons. The average molecular weight is 251 g/mol. The number of carboxylic acids is 1. The summed E-state index contributed by atoms with van der Waals surface area (Å²) in [4.78, 5) is 12.9. The molecule has 0 aliphatic rings. The second kappa shape index (κ2) is 7.01. The van der Waals surface area contributed by atoms with Gasteiger partial charge in [-0.2, -0.15) is 0 Å². The van der Waals surface area contributed by atoms with Gasteiger partial charge in [0.05, 0.1) is 5.56 Å². The van der Waals surface area contributed by atoms with Crippen LogP contribution in [0.2, 0.25) is 0 Å². The normalized spacial score (nSPS) is 12.4. The van der Waals surface area contributed by atoms with Gasteiger partial charge >= 0.3 is 5.97 Å². The number of hydrogen-bond donors (Lipinski definition) is 1. The standard InChI is InChI=1S/C14H21NO3/c1-4-11(2)15(3)9-10-18-13-7-5-12(6-8-13)14(16)17/h5-8,11H,4,9-10H2,1-3H3,(H,16,17). The molecule has 1 atom stereocenters. The highest BCUT2D eigenvalue weighted by Crippen LogP contribution is 2.12. The molecule has 4 heteroatoms. The van der Waals surface area contributed by atoms with Crippen molar-refractivity contribution in [1.82, 2.24) is 4.90 Å². The third-order valence-corrected chi connectivity index (χ3v) is 3.16. The lowest BCUT2D eigenvalue weighted by Gasteiger charge is -2.23. The van der Waals surface area contributed by atoms with E-state index in [1.807, 2.05) is 0 Å². The van der Waals surface area contributed by atoms with E-state index in [2.05, 4.69) is 25.8 Å². The van der Waals surface area contributed by atoms with Crippen LogP contribution >= 0.6 is 0 Å². The smallest absolute Gasteiger partial charge is 0.335 e. The molecule has 0 fully saturated rings. The second-order valence-corrected chi connectivity index (χ2v) is 4.42. The van der Waals surface area contributed by atoms with Crippen LogP contribution in [0, 0.1) is 0 Å². The first kappa shape index (κ1) is 14.5.